The van der Waals surface area contributed by atoms with Crippen LogP contribution in [0.2, 0.25) is 0 Å². The second kappa shape index (κ2) is 2.02. The summed E-state index contributed by atoms with van der Waals surface area (Å²) in [5.41, 5.74) is 1.43. The Morgan fingerprint density at radius 3 is 3.27 bits per heavy atom. The quantitative estimate of drug-likeness (QED) is 0.510. The van der Waals surface area contributed by atoms with Gasteiger partial charge in [-0.25, -0.2) is 4.68 Å². The molecule has 56 valence electrons. The van der Waals surface area contributed by atoms with Gasteiger partial charge in [0, 0.05) is 7.05 Å². The standard InChI is InChI=1S/C7H7N3O/c1-10-7(11)5-3-2-4-6(5)8-9-10/h2,4H,3H2,1H3. The topological polar surface area (TPSA) is 47.8 Å². The van der Waals surface area contributed by atoms with Crippen LogP contribution < -0.4 is 5.56 Å². The third-order valence-electron chi connectivity index (χ3n) is 1.75. The lowest BCUT2D eigenvalue weighted by atomic mass is 10.2. The largest absolute Gasteiger partial charge is 0.273 e. The molecule has 0 saturated heterocycles. The molecule has 0 saturated carbocycles. The minimum absolute atomic E-state index is 0.0417. The van der Waals surface area contributed by atoms with Gasteiger partial charge >= 0.3 is 0 Å². The van der Waals surface area contributed by atoms with Gasteiger partial charge in [0.05, 0.1) is 11.3 Å². The zero-order chi connectivity index (χ0) is 7.84. The van der Waals surface area contributed by atoms with Crippen LogP contribution in [0.5, 0.6) is 0 Å². The summed E-state index contributed by atoms with van der Waals surface area (Å²) in [6.45, 7) is 0. The molecule has 0 atom stereocenters. The van der Waals surface area contributed by atoms with E-state index in [0.29, 0.717) is 12.1 Å². The van der Waals surface area contributed by atoms with Crippen LogP contribution >= 0.6 is 0 Å². The zero-order valence-corrected chi connectivity index (χ0v) is 6.11. The number of rotatable bonds is 0. The van der Waals surface area contributed by atoms with Crippen molar-refractivity contribution in [1.29, 1.82) is 0 Å². The van der Waals surface area contributed by atoms with E-state index in [-0.39, 0.29) is 5.56 Å². The summed E-state index contributed by atoms with van der Waals surface area (Å²) in [5.74, 6) is 0. The van der Waals surface area contributed by atoms with Gasteiger partial charge < -0.3 is 0 Å². The zero-order valence-electron chi connectivity index (χ0n) is 6.11. The summed E-state index contributed by atoms with van der Waals surface area (Å²) in [6.07, 6.45) is 4.43. The van der Waals surface area contributed by atoms with Crippen LogP contribution in [-0.2, 0) is 13.5 Å². The lowest BCUT2D eigenvalue weighted by Gasteiger charge is -1.97. The van der Waals surface area contributed by atoms with E-state index >= 15 is 0 Å². The number of allylic oxidation sites excluding steroid dienone is 1. The summed E-state index contributed by atoms with van der Waals surface area (Å²) in [4.78, 5) is 11.3. The summed E-state index contributed by atoms with van der Waals surface area (Å²) < 4.78 is 1.26. The molecule has 0 radical (unpaired) electrons. The van der Waals surface area contributed by atoms with E-state index in [4.69, 9.17) is 0 Å². The van der Waals surface area contributed by atoms with Gasteiger partial charge in [-0.1, -0.05) is 11.3 Å². The molecule has 0 bridgehead atoms. The third-order valence-corrected chi connectivity index (χ3v) is 1.75. The molecule has 1 aromatic heterocycles. The molecule has 0 unspecified atom stereocenters. The highest BCUT2D eigenvalue weighted by atomic mass is 16.1. The van der Waals surface area contributed by atoms with E-state index < -0.39 is 0 Å². The first-order valence-corrected chi connectivity index (χ1v) is 3.38. The Morgan fingerprint density at radius 2 is 2.45 bits per heavy atom. The van der Waals surface area contributed by atoms with Gasteiger partial charge in [-0.15, -0.1) is 5.10 Å². The molecule has 0 fully saturated rings. The number of fused-ring (bicyclic) bond motifs is 1. The van der Waals surface area contributed by atoms with Gasteiger partial charge in [0.25, 0.3) is 5.56 Å². The van der Waals surface area contributed by atoms with Crippen molar-refractivity contribution < 1.29 is 0 Å². The Labute approximate surface area is 63.2 Å². The van der Waals surface area contributed by atoms with Crippen molar-refractivity contribution in [2.45, 2.75) is 6.42 Å². The average Bonchev–Trinajstić information content (AvgIpc) is 2.45. The lowest BCUT2D eigenvalue weighted by Crippen LogP contribution is -2.24. The van der Waals surface area contributed by atoms with Crippen molar-refractivity contribution in [2.24, 2.45) is 7.05 Å². The Bertz CT molecular complexity index is 378. The second-order valence-electron chi connectivity index (χ2n) is 2.49. The van der Waals surface area contributed by atoms with Crippen LogP contribution in [0.15, 0.2) is 10.9 Å². The molecule has 1 aliphatic rings. The maximum absolute atomic E-state index is 11.3. The van der Waals surface area contributed by atoms with Gasteiger partial charge in [0.1, 0.15) is 0 Å². The number of hydrogen-bond donors (Lipinski definition) is 0. The highest BCUT2D eigenvalue weighted by molar-refractivity contribution is 5.54. The van der Waals surface area contributed by atoms with Gasteiger partial charge in [0.15, 0.2) is 0 Å². The van der Waals surface area contributed by atoms with E-state index in [0.717, 1.165) is 5.56 Å². The van der Waals surface area contributed by atoms with Crippen LogP contribution in [0.1, 0.15) is 11.3 Å². The van der Waals surface area contributed by atoms with Crippen LogP contribution in [0.3, 0.4) is 0 Å². The highest BCUT2D eigenvalue weighted by Crippen LogP contribution is 2.10. The molecule has 0 aromatic carbocycles. The smallest absolute Gasteiger partial charge is 0.267 e. The van der Waals surface area contributed by atoms with Gasteiger partial charge in [-0.3, -0.25) is 4.79 Å². The molecule has 1 aromatic rings. The molecule has 4 heteroatoms. The van der Waals surface area contributed by atoms with Crippen molar-refractivity contribution >= 4 is 6.08 Å². The minimum Gasteiger partial charge on any atom is -0.267 e. The normalized spacial score (nSPS) is 13.5. The first kappa shape index (κ1) is 6.27. The SMILES string of the molecule is Cn1nnc2c(c1=O)CC=C2. The van der Waals surface area contributed by atoms with Crippen molar-refractivity contribution in [1.82, 2.24) is 15.0 Å². The van der Waals surface area contributed by atoms with E-state index in [9.17, 15) is 4.79 Å². The minimum atomic E-state index is -0.0417. The Kier molecular flexibility index (Phi) is 1.15. The fourth-order valence-electron chi connectivity index (χ4n) is 1.14. The predicted molar refractivity (Wildman–Crippen MR) is 40.0 cm³/mol. The maximum Gasteiger partial charge on any atom is 0.273 e. The molecule has 11 heavy (non-hydrogen) atoms. The first-order valence-electron chi connectivity index (χ1n) is 3.38. The number of hydrogen-bond acceptors (Lipinski definition) is 3. The average molecular weight is 149 g/mol. The van der Waals surface area contributed by atoms with Gasteiger partial charge in [0.2, 0.25) is 0 Å². The molecule has 0 N–H and O–H groups in total. The molecular formula is C7H7N3O. The molecule has 0 amide bonds. The maximum atomic E-state index is 11.3. The first-order chi connectivity index (χ1) is 5.29. The summed E-state index contributed by atoms with van der Waals surface area (Å²) in [6, 6.07) is 0. The van der Waals surface area contributed by atoms with Crippen molar-refractivity contribution in [3.05, 3.63) is 27.7 Å². The van der Waals surface area contributed by atoms with Crippen molar-refractivity contribution in [3.63, 3.8) is 0 Å². The molecule has 1 aliphatic carbocycles. The Hall–Kier alpha value is -1.45. The predicted octanol–water partition coefficient (Wildman–Crippen LogP) is -0.255. The number of nitrogens with zero attached hydrogens (tertiary/aromatic N) is 3. The van der Waals surface area contributed by atoms with Crippen LogP contribution in [0, 0.1) is 0 Å². The molecule has 0 spiro atoms. The molecule has 0 aliphatic heterocycles. The summed E-state index contributed by atoms with van der Waals surface area (Å²) in [5, 5.41) is 7.50. The van der Waals surface area contributed by atoms with E-state index in [2.05, 4.69) is 10.3 Å². The molecule has 2 rings (SSSR count). The Balaban J connectivity index is 2.77. The van der Waals surface area contributed by atoms with E-state index in [1.807, 2.05) is 12.2 Å². The summed E-state index contributed by atoms with van der Waals surface area (Å²) in [7, 11) is 1.61. The third kappa shape index (κ3) is 0.790. The van der Waals surface area contributed by atoms with Crippen LogP contribution in [0.25, 0.3) is 6.08 Å². The number of aryl methyl sites for hydroxylation is 1. The van der Waals surface area contributed by atoms with Gasteiger partial charge in [-0.2, -0.15) is 0 Å². The molecule has 1 heterocycles. The fraction of sp³-hybridized carbons (Fsp3) is 0.286. The molecule has 4 nitrogen and oxygen atoms in total. The lowest BCUT2D eigenvalue weighted by molar-refractivity contribution is 0.629. The van der Waals surface area contributed by atoms with Crippen molar-refractivity contribution in [3.8, 4) is 0 Å². The number of aromatic nitrogens is 3. The Morgan fingerprint density at radius 1 is 1.64 bits per heavy atom. The highest BCUT2D eigenvalue weighted by Gasteiger charge is 2.11. The second-order valence-corrected chi connectivity index (χ2v) is 2.49. The van der Waals surface area contributed by atoms with Crippen molar-refractivity contribution in [2.75, 3.05) is 0 Å². The van der Waals surface area contributed by atoms with E-state index in [1.165, 1.54) is 4.68 Å². The van der Waals surface area contributed by atoms with Crippen LogP contribution in [0.4, 0.5) is 0 Å². The molecular weight excluding hydrogens is 142 g/mol. The monoisotopic (exact) mass is 149 g/mol. The summed E-state index contributed by atoms with van der Waals surface area (Å²) >= 11 is 0. The fourth-order valence-corrected chi connectivity index (χ4v) is 1.14. The van der Waals surface area contributed by atoms with E-state index in [1.54, 1.807) is 7.05 Å². The van der Waals surface area contributed by atoms with Crippen LogP contribution in [-0.4, -0.2) is 15.0 Å². The van der Waals surface area contributed by atoms with Gasteiger partial charge in [-0.05, 0) is 12.5 Å².